The molecule has 1 aliphatic rings. The van der Waals surface area contributed by atoms with E-state index in [0.717, 1.165) is 12.7 Å². The van der Waals surface area contributed by atoms with E-state index in [2.05, 4.69) is 0 Å². The van der Waals surface area contributed by atoms with Crippen molar-refractivity contribution in [1.29, 1.82) is 0 Å². The lowest BCUT2D eigenvalue weighted by atomic mass is 9.91. The number of benzene rings is 3. The smallest absolute Gasteiger partial charge is 0.432 e. The van der Waals surface area contributed by atoms with E-state index < -0.39 is 36.1 Å². The van der Waals surface area contributed by atoms with Crippen LogP contribution in [0.4, 0.5) is 13.2 Å². The van der Waals surface area contributed by atoms with Gasteiger partial charge in [-0.3, -0.25) is 0 Å². The maximum absolute atomic E-state index is 14.4. The predicted molar refractivity (Wildman–Crippen MR) is 132 cm³/mol. The third kappa shape index (κ3) is 5.95. The zero-order valence-electron chi connectivity index (χ0n) is 20.7. The normalized spacial score (nSPS) is 21.4. The summed E-state index contributed by atoms with van der Waals surface area (Å²) in [5, 5.41) is 19.2. The van der Waals surface area contributed by atoms with Gasteiger partial charge >= 0.3 is 12.1 Å². The molecular weight excluding hydrogens is 501 g/mol. The lowest BCUT2D eigenvalue weighted by Crippen LogP contribution is -2.53. The zero-order chi connectivity index (χ0) is 27.3. The molecular formula is C29H29F3O6. The Morgan fingerprint density at radius 1 is 0.921 bits per heavy atom. The summed E-state index contributed by atoms with van der Waals surface area (Å²) in [4.78, 5) is 13.3. The van der Waals surface area contributed by atoms with Crippen LogP contribution in [0.2, 0.25) is 0 Å². The molecule has 0 unspecified atom stereocenters. The molecule has 6 nitrogen and oxygen atoms in total. The number of alkyl halides is 3. The van der Waals surface area contributed by atoms with Crippen LogP contribution in [0.1, 0.15) is 42.1 Å². The van der Waals surface area contributed by atoms with E-state index in [9.17, 15) is 28.2 Å². The average molecular weight is 531 g/mol. The number of aryl methyl sites for hydroxylation is 1. The van der Waals surface area contributed by atoms with Crippen LogP contribution in [0.5, 0.6) is 11.5 Å². The topological polar surface area (TPSA) is 85.2 Å². The Morgan fingerprint density at radius 3 is 2.11 bits per heavy atom. The van der Waals surface area contributed by atoms with Crippen molar-refractivity contribution >= 4 is 5.97 Å². The molecule has 38 heavy (non-hydrogen) atoms. The number of hydrogen-bond acceptors (Lipinski definition) is 6. The molecule has 1 fully saturated rings. The second-order valence-corrected chi connectivity index (χ2v) is 9.29. The van der Waals surface area contributed by atoms with E-state index in [1.54, 1.807) is 42.5 Å². The minimum atomic E-state index is -5.07. The number of phenols is 2. The number of hydrogen-bond donors (Lipinski definition) is 2. The van der Waals surface area contributed by atoms with Crippen molar-refractivity contribution in [3.63, 3.8) is 0 Å². The Labute approximate surface area is 218 Å². The molecule has 0 spiro atoms. The summed E-state index contributed by atoms with van der Waals surface area (Å²) in [6.45, 7) is 0. The molecule has 0 saturated carbocycles. The largest absolute Gasteiger partial charge is 0.508 e. The van der Waals surface area contributed by atoms with E-state index in [0.29, 0.717) is 18.4 Å². The molecule has 3 aromatic carbocycles. The van der Waals surface area contributed by atoms with Crippen molar-refractivity contribution < 1.29 is 42.4 Å². The molecule has 3 aromatic rings. The lowest BCUT2D eigenvalue weighted by Gasteiger charge is -2.38. The molecule has 1 aliphatic heterocycles. The van der Waals surface area contributed by atoms with Gasteiger partial charge in [0.25, 0.3) is 5.60 Å². The van der Waals surface area contributed by atoms with Gasteiger partial charge < -0.3 is 24.4 Å². The van der Waals surface area contributed by atoms with Gasteiger partial charge in [-0.2, -0.15) is 13.2 Å². The summed E-state index contributed by atoms with van der Waals surface area (Å²) >= 11 is 0. The number of halogens is 3. The fourth-order valence-corrected chi connectivity index (χ4v) is 4.77. The molecule has 0 aliphatic carbocycles. The number of rotatable bonds is 8. The van der Waals surface area contributed by atoms with E-state index >= 15 is 0 Å². The van der Waals surface area contributed by atoms with Crippen LogP contribution in [-0.4, -0.2) is 41.7 Å². The first-order chi connectivity index (χ1) is 18.1. The van der Waals surface area contributed by atoms with E-state index in [1.165, 1.54) is 36.4 Å². The summed E-state index contributed by atoms with van der Waals surface area (Å²) < 4.78 is 59.8. The van der Waals surface area contributed by atoms with Crippen molar-refractivity contribution in [1.82, 2.24) is 0 Å². The van der Waals surface area contributed by atoms with Crippen LogP contribution < -0.4 is 0 Å². The molecule has 1 heterocycles. The number of ether oxygens (including phenoxy) is 3. The molecule has 1 saturated heterocycles. The van der Waals surface area contributed by atoms with Gasteiger partial charge in [0.2, 0.25) is 0 Å². The van der Waals surface area contributed by atoms with Gasteiger partial charge in [0.05, 0.1) is 12.2 Å². The average Bonchev–Trinajstić information content (AvgIpc) is 2.89. The highest BCUT2D eigenvalue weighted by Gasteiger charge is 2.64. The second kappa shape index (κ2) is 11.4. The monoisotopic (exact) mass is 530 g/mol. The molecule has 0 amide bonds. The Morgan fingerprint density at radius 2 is 1.53 bits per heavy atom. The lowest BCUT2D eigenvalue weighted by molar-refractivity contribution is -0.280. The number of aromatic hydroxyl groups is 2. The second-order valence-electron chi connectivity index (χ2n) is 9.29. The van der Waals surface area contributed by atoms with Gasteiger partial charge in [-0.1, -0.05) is 54.6 Å². The molecule has 0 radical (unpaired) electrons. The fourth-order valence-electron chi connectivity index (χ4n) is 4.77. The van der Waals surface area contributed by atoms with E-state index in [1.807, 2.05) is 0 Å². The van der Waals surface area contributed by atoms with Gasteiger partial charge in [-0.15, -0.1) is 0 Å². The zero-order valence-corrected chi connectivity index (χ0v) is 20.7. The highest BCUT2D eigenvalue weighted by Crippen LogP contribution is 2.44. The summed E-state index contributed by atoms with van der Waals surface area (Å²) in [7, 11) is 0.839. The first-order valence-electron chi connectivity index (χ1n) is 12.2. The van der Waals surface area contributed by atoms with Crippen LogP contribution >= 0.6 is 0 Å². The van der Waals surface area contributed by atoms with Gasteiger partial charge in [0, 0.05) is 25.5 Å². The molecule has 4 rings (SSSR count). The predicted octanol–water partition coefficient (Wildman–Crippen LogP) is 5.97. The Kier molecular flexibility index (Phi) is 8.28. The van der Waals surface area contributed by atoms with Crippen molar-refractivity contribution in [2.45, 2.75) is 55.8 Å². The Balaban J connectivity index is 1.58. The van der Waals surface area contributed by atoms with Crippen molar-refractivity contribution in [2.75, 3.05) is 7.11 Å². The van der Waals surface area contributed by atoms with Gasteiger partial charge in [-0.05, 0) is 48.2 Å². The minimum absolute atomic E-state index is 0.0642. The van der Waals surface area contributed by atoms with Crippen molar-refractivity contribution in [3.05, 3.63) is 95.6 Å². The fraction of sp³-hybridized carbons (Fsp3) is 0.345. The summed E-state index contributed by atoms with van der Waals surface area (Å²) in [6, 6.07) is 19.7. The van der Waals surface area contributed by atoms with Crippen molar-refractivity contribution in [2.24, 2.45) is 0 Å². The van der Waals surface area contributed by atoms with Crippen LogP contribution in [-0.2, 0) is 31.0 Å². The van der Waals surface area contributed by atoms with Gasteiger partial charge in [0.1, 0.15) is 17.6 Å². The summed E-state index contributed by atoms with van der Waals surface area (Å²) in [5.41, 5.74) is -1.99. The third-order valence-corrected chi connectivity index (χ3v) is 6.76. The van der Waals surface area contributed by atoms with Crippen LogP contribution in [0.3, 0.4) is 0 Å². The SMILES string of the molecule is CO[C@](C(=O)O[C@H]1C[C@H](CCc2ccc(O)cc2)O[C@H](c2ccc(O)cc2)C1)(c1ccccc1)C(F)(F)F. The molecule has 4 atom stereocenters. The van der Waals surface area contributed by atoms with E-state index in [-0.39, 0.29) is 29.9 Å². The van der Waals surface area contributed by atoms with Gasteiger partial charge in [-0.25, -0.2) is 4.79 Å². The van der Waals surface area contributed by atoms with Gasteiger partial charge in [0.15, 0.2) is 0 Å². The maximum Gasteiger partial charge on any atom is 0.432 e. The van der Waals surface area contributed by atoms with Crippen LogP contribution in [0.25, 0.3) is 0 Å². The standard InChI is InChI=1S/C29H29F3O6/c1-36-28(29(30,31)32,21-5-3-2-4-6-21)27(35)38-25-17-24(16-9-19-7-12-22(33)13-8-19)37-26(18-25)20-10-14-23(34)15-11-20/h2-8,10-15,24-26,33-34H,9,16-18H2,1H3/t24-,25-,26-,28-/m0/s1. The molecule has 0 aromatic heterocycles. The number of methoxy groups -OCH3 is 1. The summed E-state index contributed by atoms with van der Waals surface area (Å²) in [6.07, 6.45) is -5.49. The molecule has 2 N–H and O–H groups in total. The summed E-state index contributed by atoms with van der Waals surface area (Å²) in [5.74, 6) is -1.33. The number of esters is 1. The van der Waals surface area contributed by atoms with Crippen LogP contribution in [0, 0.1) is 0 Å². The highest BCUT2D eigenvalue weighted by molar-refractivity contribution is 5.82. The highest BCUT2D eigenvalue weighted by atomic mass is 19.4. The minimum Gasteiger partial charge on any atom is -0.508 e. The number of carbonyl (C=O) groups is 1. The van der Waals surface area contributed by atoms with E-state index in [4.69, 9.17) is 14.2 Å². The first-order valence-corrected chi connectivity index (χ1v) is 12.2. The Bertz CT molecular complexity index is 1200. The quantitative estimate of drug-likeness (QED) is 0.349. The van der Waals surface area contributed by atoms with Crippen molar-refractivity contribution in [3.8, 4) is 11.5 Å². The number of phenolic OH excluding ortho intramolecular Hbond substituents is 2. The molecule has 9 heteroatoms. The third-order valence-electron chi connectivity index (χ3n) is 6.76. The molecule has 0 bridgehead atoms. The van der Waals surface area contributed by atoms with Crippen LogP contribution in [0.15, 0.2) is 78.9 Å². The molecule has 202 valence electrons. The number of carbonyl (C=O) groups excluding carboxylic acids is 1. The maximum atomic E-state index is 14.4. The first kappa shape index (κ1) is 27.5. The Hall–Kier alpha value is -3.56.